The van der Waals surface area contributed by atoms with Crippen molar-refractivity contribution in [1.29, 1.82) is 0 Å². The van der Waals surface area contributed by atoms with E-state index in [1.54, 1.807) is 6.07 Å². The Morgan fingerprint density at radius 2 is 2.18 bits per heavy atom. The van der Waals surface area contributed by atoms with Gasteiger partial charge < -0.3 is 20.5 Å². The van der Waals surface area contributed by atoms with Gasteiger partial charge >= 0.3 is 12.0 Å². The summed E-state index contributed by atoms with van der Waals surface area (Å²) < 4.78 is 23.4. The number of nitrogens with two attached hydrogens (primary N) is 1. The molecule has 0 bridgehead atoms. The third-order valence-corrected chi connectivity index (χ3v) is 3.45. The zero-order valence-corrected chi connectivity index (χ0v) is 13.2. The number of hydrogen-bond donors (Lipinski definition) is 2. The van der Waals surface area contributed by atoms with Crippen LogP contribution in [0.25, 0.3) is 0 Å². The van der Waals surface area contributed by atoms with Crippen molar-refractivity contribution in [2.75, 3.05) is 19.1 Å². The molecule has 0 aromatic heterocycles. The summed E-state index contributed by atoms with van der Waals surface area (Å²) in [6.07, 6.45) is 2.28. The lowest BCUT2D eigenvalue weighted by Crippen LogP contribution is -2.44. The molecule has 0 radical (unpaired) electrons. The van der Waals surface area contributed by atoms with Gasteiger partial charge in [0.2, 0.25) is 0 Å². The molecule has 1 aromatic rings. The number of carbonyl (C=O) groups is 2. The van der Waals surface area contributed by atoms with Crippen LogP contribution >= 0.6 is 11.8 Å². The monoisotopic (exact) mass is 330 g/mol. The number of methoxy groups -OCH3 is 1. The zero-order valence-electron chi connectivity index (χ0n) is 12.4. The highest BCUT2D eigenvalue weighted by Gasteiger charge is 2.21. The first kappa shape index (κ1) is 18.1. The first-order valence-electron chi connectivity index (χ1n) is 6.52. The van der Waals surface area contributed by atoms with E-state index >= 15 is 0 Å². The Hall–Kier alpha value is -1.96. The highest BCUT2D eigenvalue weighted by Crippen LogP contribution is 2.18. The third-order valence-electron chi connectivity index (χ3n) is 2.81. The standard InChI is InChI=1S/C14H19FN2O4S/c1-20-12-4-3-9(7-10(12)15)8-21-13(18)11(5-6-22-2)17-14(16)19/h3-4,7,11H,5-6,8H2,1-2H3,(H3,16,17,19)/t11-/m0/s1. The van der Waals surface area contributed by atoms with Crippen molar-refractivity contribution >= 4 is 23.8 Å². The van der Waals surface area contributed by atoms with Crippen molar-refractivity contribution < 1.29 is 23.5 Å². The third kappa shape index (κ3) is 5.80. The smallest absolute Gasteiger partial charge is 0.329 e. The second kappa shape index (κ2) is 9.14. The average molecular weight is 330 g/mol. The molecule has 1 rings (SSSR count). The predicted molar refractivity (Wildman–Crippen MR) is 82.3 cm³/mol. The molecule has 0 unspecified atom stereocenters. The van der Waals surface area contributed by atoms with Crippen LogP contribution < -0.4 is 15.8 Å². The minimum atomic E-state index is -0.812. The fraction of sp³-hybridized carbons (Fsp3) is 0.429. The van der Waals surface area contributed by atoms with Crippen LogP contribution in [0.1, 0.15) is 12.0 Å². The lowest BCUT2D eigenvalue weighted by atomic mass is 10.2. The maximum Gasteiger partial charge on any atom is 0.329 e. The molecule has 2 amide bonds. The average Bonchev–Trinajstić information content (AvgIpc) is 2.48. The molecule has 0 aliphatic carbocycles. The summed E-state index contributed by atoms with van der Waals surface area (Å²) in [5.41, 5.74) is 5.51. The number of hydrogen-bond acceptors (Lipinski definition) is 5. The van der Waals surface area contributed by atoms with Gasteiger partial charge in [-0.05, 0) is 36.1 Å². The second-order valence-corrected chi connectivity index (χ2v) is 5.40. The number of primary amides is 1. The molecule has 0 saturated heterocycles. The number of urea groups is 1. The minimum absolute atomic E-state index is 0.101. The highest BCUT2D eigenvalue weighted by molar-refractivity contribution is 7.98. The zero-order chi connectivity index (χ0) is 16.5. The van der Waals surface area contributed by atoms with E-state index in [0.717, 1.165) is 0 Å². The number of ether oxygens (including phenoxy) is 2. The Morgan fingerprint density at radius 3 is 2.73 bits per heavy atom. The molecule has 1 aromatic carbocycles. The maximum absolute atomic E-state index is 13.5. The fourth-order valence-corrected chi connectivity index (χ4v) is 2.18. The molecule has 8 heteroatoms. The van der Waals surface area contributed by atoms with E-state index in [1.165, 1.54) is 31.0 Å². The van der Waals surface area contributed by atoms with Gasteiger partial charge in [-0.1, -0.05) is 6.07 Å². The Labute approximate surface area is 132 Å². The van der Waals surface area contributed by atoms with Crippen LogP contribution in [-0.4, -0.2) is 37.2 Å². The molecule has 0 aliphatic heterocycles. The van der Waals surface area contributed by atoms with Crippen molar-refractivity contribution in [3.63, 3.8) is 0 Å². The van der Waals surface area contributed by atoms with E-state index in [-0.39, 0.29) is 12.4 Å². The molecule has 0 saturated carbocycles. The van der Waals surface area contributed by atoms with Crippen molar-refractivity contribution in [2.24, 2.45) is 5.73 Å². The summed E-state index contributed by atoms with van der Waals surface area (Å²) in [4.78, 5) is 22.8. The van der Waals surface area contributed by atoms with E-state index in [2.05, 4.69) is 5.32 Å². The van der Waals surface area contributed by atoms with Crippen LogP contribution in [0.15, 0.2) is 18.2 Å². The van der Waals surface area contributed by atoms with Gasteiger partial charge in [0.25, 0.3) is 0 Å². The predicted octanol–water partition coefficient (Wildman–Crippen LogP) is 1.67. The molecular formula is C14H19FN2O4S. The summed E-state index contributed by atoms with van der Waals surface area (Å²) in [6.45, 7) is -0.101. The molecule has 3 N–H and O–H groups in total. The molecule has 0 aliphatic rings. The first-order valence-corrected chi connectivity index (χ1v) is 7.91. The van der Waals surface area contributed by atoms with Gasteiger partial charge in [0, 0.05) is 0 Å². The SMILES string of the molecule is COc1ccc(COC(=O)[C@H](CCSC)NC(N)=O)cc1F. The van der Waals surface area contributed by atoms with Crippen molar-refractivity contribution in [3.05, 3.63) is 29.6 Å². The van der Waals surface area contributed by atoms with E-state index in [4.69, 9.17) is 15.2 Å². The summed E-state index contributed by atoms with van der Waals surface area (Å²) in [6, 6.07) is 2.66. The van der Waals surface area contributed by atoms with Crippen LogP contribution in [0.3, 0.4) is 0 Å². The number of carbonyl (C=O) groups excluding carboxylic acids is 2. The van der Waals surface area contributed by atoms with Crippen LogP contribution in [-0.2, 0) is 16.1 Å². The Kier molecular flexibility index (Phi) is 7.51. The van der Waals surface area contributed by atoms with Crippen molar-refractivity contribution in [3.8, 4) is 5.75 Å². The van der Waals surface area contributed by atoms with Gasteiger partial charge in [0.15, 0.2) is 11.6 Å². The van der Waals surface area contributed by atoms with Gasteiger partial charge in [-0.25, -0.2) is 14.0 Å². The largest absolute Gasteiger partial charge is 0.494 e. The summed E-state index contributed by atoms with van der Waals surface area (Å²) in [7, 11) is 1.37. The van der Waals surface area contributed by atoms with Gasteiger partial charge in [0.05, 0.1) is 7.11 Å². The van der Waals surface area contributed by atoms with Crippen molar-refractivity contribution in [2.45, 2.75) is 19.1 Å². The van der Waals surface area contributed by atoms with Crippen LogP contribution in [0.2, 0.25) is 0 Å². The quantitative estimate of drug-likeness (QED) is 0.708. The lowest BCUT2D eigenvalue weighted by Gasteiger charge is -2.16. The van der Waals surface area contributed by atoms with Gasteiger partial charge in [-0.15, -0.1) is 0 Å². The molecular weight excluding hydrogens is 311 g/mol. The molecule has 22 heavy (non-hydrogen) atoms. The highest BCUT2D eigenvalue weighted by atomic mass is 32.2. The van der Waals surface area contributed by atoms with Crippen molar-refractivity contribution in [1.82, 2.24) is 5.32 Å². The molecule has 0 heterocycles. The van der Waals surface area contributed by atoms with E-state index < -0.39 is 23.9 Å². The van der Waals surface area contributed by atoms with Crippen LogP contribution in [0.4, 0.5) is 9.18 Å². The maximum atomic E-state index is 13.5. The molecule has 0 fully saturated rings. The van der Waals surface area contributed by atoms with E-state index in [1.807, 2.05) is 6.26 Å². The topological polar surface area (TPSA) is 90.7 Å². The first-order chi connectivity index (χ1) is 10.5. The lowest BCUT2D eigenvalue weighted by molar-refractivity contribution is -0.147. The summed E-state index contributed by atoms with van der Waals surface area (Å²) >= 11 is 1.53. The van der Waals surface area contributed by atoms with Gasteiger partial charge in [0.1, 0.15) is 12.6 Å². The van der Waals surface area contributed by atoms with Gasteiger partial charge in [-0.3, -0.25) is 0 Å². The number of amides is 2. The van der Waals surface area contributed by atoms with E-state index in [9.17, 15) is 14.0 Å². The second-order valence-electron chi connectivity index (χ2n) is 4.42. The number of benzene rings is 1. The molecule has 122 valence electrons. The minimum Gasteiger partial charge on any atom is -0.494 e. The summed E-state index contributed by atoms with van der Waals surface area (Å²) in [5, 5.41) is 2.34. The van der Waals surface area contributed by atoms with E-state index in [0.29, 0.717) is 17.7 Å². The molecule has 6 nitrogen and oxygen atoms in total. The Bertz CT molecular complexity index is 528. The fourth-order valence-electron chi connectivity index (χ4n) is 1.71. The Balaban J connectivity index is 2.61. The van der Waals surface area contributed by atoms with Crippen LogP contribution in [0, 0.1) is 5.82 Å². The molecule has 0 spiro atoms. The number of halogens is 1. The number of thioether (sulfide) groups is 1. The number of rotatable bonds is 8. The van der Waals surface area contributed by atoms with Crippen LogP contribution in [0.5, 0.6) is 5.75 Å². The summed E-state index contributed by atoms with van der Waals surface area (Å²) in [5.74, 6) is -0.366. The molecule has 1 atom stereocenters. The number of nitrogens with one attached hydrogen (secondary N) is 1. The Morgan fingerprint density at radius 1 is 1.45 bits per heavy atom. The normalized spacial score (nSPS) is 11.6. The van der Waals surface area contributed by atoms with Gasteiger partial charge in [-0.2, -0.15) is 11.8 Å². The number of esters is 1.